The number of benzene rings is 2. The molecule has 2 aromatic carbocycles. The number of amides is 1. The Hall–Kier alpha value is -1.87. The van der Waals surface area contributed by atoms with E-state index in [-0.39, 0.29) is 5.91 Å². The highest BCUT2D eigenvalue weighted by Gasteiger charge is 2.01. The van der Waals surface area contributed by atoms with Gasteiger partial charge in [-0.25, -0.2) is 0 Å². The van der Waals surface area contributed by atoms with E-state index < -0.39 is 0 Å². The van der Waals surface area contributed by atoms with Crippen LogP contribution in [0, 0.1) is 12.8 Å². The first-order valence-electron chi connectivity index (χ1n) is 7.78. The van der Waals surface area contributed by atoms with Gasteiger partial charge in [-0.15, -0.1) is 0 Å². The number of anilines is 1. The molecule has 0 aromatic heterocycles. The van der Waals surface area contributed by atoms with Crippen LogP contribution in [-0.4, -0.2) is 5.91 Å². The average Bonchev–Trinajstić information content (AvgIpc) is 2.50. The second-order valence-electron chi connectivity index (χ2n) is 6.13. The SMILES string of the molecule is Cc1cc(NC(=O)/C=C/c2ccc(CC(C)C)cc2)ccc1Br. The van der Waals surface area contributed by atoms with Gasteiger partial charge in [-0.05, 0) is 60.2 Å². The van der Waals surface area contributed by atoms with Gasteiger partial charge in [0.25, 0.3) is 0 Å². The number of carbonyl (C=O) groups is 1. The van der Waals surface area contributed by atoms with Crippen LogP contribution in [0.2, 0.25) is 0 Å². The maximum Gasteiger partial charge on any atom is 0.248 e. The van der Waals surface area contributed by atoms with Gasteiger partial charge in [-0.3, -0.25) is 4.79 Å². The molecule has 2 rings (SSSR count). The summed E-state index contributed by atoms with van der Waals surface area (Å²) in [4.78, 5) is 12.0. The summed E-state index contributed by atoms with van der Waals surface area (Å²) < 4.78 is 1.03. The minimum Gasteiger partial charge on any atom is -0.323 e. The number of rotatable bonds is 5. The van der Waals surface area contributed by atoms with Crippen LogP contribution in [0.1, 0.15) is 30.5 Å². The zero-order valence-corrected chi connectivity index (χ0v) is 15.4. The zero-order chi connectivity index (χ0) is 16.8. The largest absolute Gasteiger partial charge is 0.323 e. The first-order chi connectivity index (χ1) is 10.9. The summed E-state index contributed by atoms with van der Waals surface area (Å²) in [5.74, 6) is 0.523. The molecule has 1 amide bonds. The fourth-order valence-corrected chi connectivity index (χ4v) is 2.56. The standard InChI is InChI=1S/C20H22BrNO/c1-14(2)12-17-6-4-16(5-7-17)8-11-20(23)22-18-9-10-19(21)15(3)13-18/h4-11,13-14H,12H2,1-3H3,(H,22,23)/b11-8+. The van der Waals surface area contributed by atoms with Crippen molar-refractivity contribution in [1.29, 1.82) is 0 Å². The third-order valence-electron chi connectivity index (χ3n) is 3.48. The summed E-state index contributed by atoms with van der Waals surface area (Å²) in [6.07, 6.45) is 4.47. The Kier molecular flexibility index (Phi) is 6.17. The summed E-state index contributed by atoms with van der Waals surface area (Å²) in [6, 6.07) is 14.1. The number of nitrogens with one attached hydrogen (secondary N) is 1. The monoisotopic (exact) mass is 371 g/mol. The lowest BCUT2D eigenvalue weighted by molar-refractivity contribution is -0.111. The molecule has 0 heterocycles. The first kappa shape index (κ1) is 17.5. The Bertz CT molecular complexity index is 702. The second-order valence-corrected chi connectivity index (χ2v) is 6.98. The van der Waals surface area contributed by atoms with Gasteiger partial charge in [-0.1, -0.05) is 54.0 Å². The smallest absolute Gasteiger partial charge is 0.248 e. The fourth-order valence-electron chi connectivity index (χ4n) is 2.31. The van der Waals surface area contributed by atoms with Crippen molar-refractivity contribution in [2.24, 2.45) is 5.92 Å². The maximum atomic E-state index is 12.0. The highest BCUT2D eigenvalue weighted by molar-refractivity contribution is 9.10. The van der Waals surface area contributed by atoms with Crippen molar-refractivity contribution >= 4 is 33.6 Å². The molecule has 1 N–H and O–H groups in total. The topological polar surface area (TPSA) is 29.1 Å². The predicted molar refractivity (Wildman–Crippen MR) is 102 cm³/mol. The van der Waals surface area contributed by atoms with Crippen molar-refractivity contribution in [3.8, 4) is 0 Å². The van der Waals surface area contributed by atoms with E-state index in [1.165, 1.54) is 5.56 Å². The minimum absolute atomic E-state index is 0.127. The van der Waals surface area contributed by atoms with E-state index in [4.69, 9.17) is 0 Å². The summed E-state index contributed by atoms with van der Waals surface area (Å²) in [6.45, 7) is 6.41. The van der Waals surface area contributed by atoms with Crippen molar-refractivity contribution in [2.45, 2.75) is 27.2 Å². The number of aryl methyl sites for hydroxylation is 1. The van der Waals surface area contributed by atoms with Gasteiger partial charge in [0, 0.05) is 16.2 Å². The van der Waals surface area contributed by atoms with Crippen LogP contribution in [0.25, 0.3) is 6.08 Å². The normalized spacial score (nSPS) is 11.2. The Morgan fingerprint density at radius 2 is 1.87 bits per heavy atom. The molecule has 2 nitrogen and oxygen atoms in total. The highest BCUT2D eigenvalue weighted by atomic mass is 79.9. The van der Waals surface area contributed by atoms with Crippen LogP contribution in [0.5, 0.6) is 0 Å². The number of halogens is 1. The van der Waals surface area contributed by atoms with Crippen molar-refractivity contribution in [2.75, 3.05) is 5.32 Å². The predicted octanol–water partition coefficient (Wildman–Crippen LogP) is 5.61. The van der Waals surface area contributed by atoms with Crippen molar-refractivity contribution < 1.29 is 4.79 Å². The van der Waals surface area contributed by atoms with E-state index in [2.05, 4.69) is 47.2 Å². The molecule has 0 bridgehead atoms. The van der Waals surface area contributed by atoms with Crippen molar-refractivity contribution in [3.63, 3.8) is 0 Å². The lowest BCUT2D eigenvalue weighted by Crippen LogP contribution is -2.07. The van der Waals surface area contributed by atoms with Crippen LogP contribution < -0.4 is 5.32 Å². The van der Waals surface area contributed by atoms with Gasteiger partial charge in [-0.2, -0.15) is 0 Å². The van der Waals surface area contributed by atoms with Gasteiger partial charge in [0.05, 0.1) is 0 Å². The minimum atomic E-state index is -0.127. The van der Waals surface area contributed by atoms with Crippen LogP contribution in [0.3, 0.4) is 0 Å². The van der Waals surface area contributed by atoms with Crippen LogP contribution in [0.15, 0.2) is 53.0 Å². The average molecular weight is 372 g/mol. The summed E-state index contributed by atoms with van der Waals surface area (Å²) >= 11 is 3.45. The molecule has 2 aromatic rings. The Labute approximate surface area is 146 Å². The van der Waals surface area contributed by atoms with E-state index in [9.17, 15) is 4.79 Å². The highest BCUT2D eigenvalue weighted by Crippen LogP contribution is 2.20. The third kappa shape index (κ3) is 5.68. The molecule has 0 atom stereocenters. The van der Waals surface area contributed by atoms with Gasteiger partial charge in [0.1, 0.15) is 0 Å². The Morgan fingerprint density at radius 1 is 1.17 bits per heavy atom. The molecule has 0 aliphatic carbocycles. The quantitative estimate of drug-likeness (QED) is 0.680. The molecule has 0 fully saturated rings. The molecular formula is C20H22BrNO. The molecule has 3 heteroatoms. The summed E-state index contributed by atoms with van der Waals surface area (Å²) in [7, 11) is 0. The molecule has 0 saturated heterocycles. The lowest BCUT2D eigenvalue weighted by atomic mass is 10.0. The Balaban J connectivity index is 1.96. The van der Waals surface area contributed by atoms with Crippen LogP contribution in [0.4, 0.5) is 5.69 Å². The van der Waals surface area contributed by atoms with E-state index in [0.717, 1.165) is 27.7 Å². The van der Waals surface area contributed by atoms with Crippen molar-refractivity contribution in [3.05, 3.63) is 69.7 Å². The second kappa shape index (κ2) is 8.11. The van der Waals surface area contributed by atoms with E-state index in [1.54, 1.807) is 6.08 Å². The summed E-state index contributed by atoms with van der Waals surface area (Å²) in [5, 5.41) is 2.87. The molecule has 0 unspecified atom stereocenters. The third-order valence-corrected chi connectivity index (χ3v) is 4.37. The van der Waals surface area contributed by atoms with E-state index in [0.29, 0.717) is 5.92 Å². The van der Waals surface area contributed by atoms with Gasteiger partial charge < -0.3 is 5.32 Å². The van der Waals surface area contributed by atoms with Crippen LogP contribution >= 0.6 is 15.9 Å². The number of carbonyl (C=O) groups excluding carboxylic acids is 1. The molecule has 120 valence electrons. The zero-order valence-electron chi connectivity index (χ0n) is 13.8. The molecule has 0 saturated carbocycles. The van der Waals surface area contributed by atoms with Crippen LogP contribution in [-0.2, 0) is 11.2 Å². The van der Waals surface area contributed by atoms with Gasteiger partial charge in [0.15, 0.2) is 0 Å². The number of hydrogen-bond donors (Lipinski definition) is 1. The maximum absolute atomic E-state index is 12.0. The molecular weight excluding hydrogens is 350 g/mol. The first-order valence-corrected chi connectivity index (χ1v) is 8.57. The summed E-state index contributed by atoms with van der Waals surface area (Å²) in [5.41, 5.74) is 4.24. The lowest BCUT2D eigenvalue weighted by Gasteiger charge is -2.05. The number of hydrogen-bond acceptors (Lipinski definition) is 1. The molecule has 0 spiro atoms. The van der Waals surface area contributed by atoms with Gasteiger partial charge >= 0.3 is 0 Å². The Morgan fingerprint density at radius 3 is 2.48 bits per heavy atom. The van der Waals surface area contributed by atoms with Gasteiger partial charge in [0.2, 0.25) is 5.91 Å². The fraction of sp³-hybridized carbons (Fsp3) is 0.250. The molecule has 0 radical (unpaired) electrons. The molecule has 0 aliphatic heterocycles. The molecule has 23 heavy (non-hydrogen) atoms. The van der Waals surface area contributed by atoms with E-state index >= 15 is 0 Å². The van der Waals surface area contributed by atoms with Crippen molar-refractivity contribution in [1.82, 2.24) is 0 Å². The van der Waals surface area contributed by atoms with E-state index in [1.807, 2.05) is 43.3 Å². The molecule has 0 aliphatic rings.